The van der Waals surface area contributed by atoms with E-state index in [1.54, 1.807) is 0 Å². The van der Waals surface area contributed by atoms with Crippen molar-refractivity contribution in [3.8, 4) is 0 Å². The predicted molar refractivity (Wildman–Crippen MR) is 54.9 cm³/mol. The topological polar surface area (TPSA) is 0 Å². The van der Waals surface area contributed by atoms with E-state index in [1.807, 2.05) is 6.07 Å². The highest BCUT2D eigenvalue weighted by molar-refractivity contribution is 5.48. The van der Waals surface area contributed by atoms with Gasteiger partial charge in [0.2, 0.25) is 0 Å². The Bertz CT molecular complexity index is 233. The van der Waals surface area contributed by atoms with Gasteiger partial charge in [-0.1, -0.05) is 62.8 Å². The van der Waals surface area contributed by atoms with Crippen molar-refractivity contribution >= 4 is 6.08 Å². The lowest BCUT2D eigenvalue weighted by Gasteiger charge is -1.98. The lowest BCUT2D eigenvalue weighted by Crippen LogP contribution is -1.83. The van der Waals surface area contributed by atoms with Crippen molar-refractivity contribution in [2.24, 2.45) is 5.92 Å². The van der Waals surface area contributed by atoms with E-state index in [4.69, 9.17) is 0 Å². The van der Waals surface area contributed by atoms with Crippen LogP contribution in [0.25, 0.3) is 6.08 Å². The maximum absolute atomic E-state index is 2.26. The van der Waals surface area contributed by atoms with Crippen molar-refractivity contribution < 1.29 is 0 Å². The zero-order valence-electron chi connectivity index (χ0n) is 7.83. The largest absolute Gasteiger partial charge is 0.0811 e. The summed E-state index contributed by atoms with van der Waals surface area (Å²) in [5, 5.41) is 0. The van der Waals surface area contributed by atoms with E-state index in [-0.39, 0.29) is 0 Å². The second kappa shape index (κ2) is 4.76. The molecule has 0 heteroatoms. The molecular weight excluding hydrogens is 144 g/mol. The van der Waals surface area contributed by atoms with Crippen molar-refractivity contribution in [2.75, 3.05) is 0 Å². The summed E-state index contributed by atoms with van der Waals surface area (Å²) in [6.45, 7) is 4.44. The second-order valence-electron chi connectivity index (χ2n) is 3.16. The third kappa shape index (κ3) is 2.91. The molecule has 1 unspecified atom stereocenters. The molecule has 0 bridgehead atoms. The van der Waals surface area contributed by atoms with E-state index >= 15 is 0 Å². The van der Waals surface area contributed by atoms with E-state index in [1.165, 1.54) is 12.0 Å². The van der Waals surface area contributed by atoms with Crippen molar-refractivity contribution in [1.82, 2.24) is 0 Å². The lowest BCUT2D eigenvalue weighted by atomic mass is 10.1. The van der Waals surface area contributed by atoms with Gasteiger partial charge in [-0.15, -0.1) is 0 Å². The molecule has 0 fully saturated rings. The first kappa shape index (κ1) is 9.05. The zero-order chi connectivity index (χ0) is 8.81. The average molecular weight is 160 g/mol. The minimum Gasteiger partial charge on any atom is -0.0811 e. The Morgan fingerprint density at radius 3 is 2.50 bits per heavy atom. The molecule has 0 amide bonds. The van der Waals surface area contributed by atoms with Crippen molar-refractivity contribution in [1.29, 1.82) is 0 Å². The van der Waals surface area contributed by atoms with Crippen molar-refractivity contribution in [2.45, 2.75) is 20.3 Å². The number of benzene rings is 1. The fraction of sp³-hybridized carbons (Fsp3) is 0.333. The molecule has 0 N–H and O–H groups in total. The van der Waals surface area contributed by atoms with Crippen molar-refractivity contribution in [3.05, 3.63) is 42.0 Å². The molecule has 0 radical (unpaired) electrons. The molecule has 64 valence electrons. The minimum absolute atomic E-state index is 0.685. The first-order valence-electron chi connectivity index (χ1n) is 4.56. The summed E-state index contributed by atoms with van der Waals surface area (Å²) in [7, 11) is 0. The quantitative estimate of drug-likeness (QED) is 0.631. The summed E-state index contributed by atoms with van der Waals surface area (Å²) >= 11 is 0. The molecule has 0 saturated carbocycles. The molecule has 0 aliphatic heterocycles. The third-order valence-electron chi connectivity index (χ3n) is 2.06. The second-order valence-corrected chi connectivity index (χ2v) is 3.16. The molecule has 0 nitrogen and oxygen atoms in total. The Labute approximate surface area is 74.9 Å². The summed E-state index contributed by atoms with van der Waals surface area (Å²) in [6.07, 6.45) is 5.66. The normalized spacial score (nSPS) is 13.5. The van der Waals surface area contributed by atoms with Crippen LogP contribution in [0.4, 0.5) is 0 Å². The van der Waals surface area contributed by atoms with E-state index in [2.05, 4.69) is 50.3 Å². The van der Waals surface area contributed by atoms with Gasteiger partial charge in [-0.3, -0.25) is 0 Å². The van der Waals surface area contributed by atoms with Gasteiger partial charge >= 0.3 is 0 Å². The summed E-state index contributed by atoms with van der Waals surface area (Å²) in [4.78, 5) is 0. The highest BCUT2D eigenvalue weighted by Crippen LogP contribution is 2.07. The SMILES string of the molecule is CCC(C)/C=C\c1ccccc1. The number of rotatable bonds is 3. The number of allylic oxidation sites excluding steroid dienone is 1. The van der Waals surface area contributed by atoms with Crippen LogP contribution in [0.15, 0.2) is 36.4 Å². The highest BCUT2D eigenvalue weighted by atomic mass is 14.0. The van der Waals surface area contributed by atoms with Crippen LogP contribution in [0, 0.1) is 5.92 Å². The van der Waals surface area contributed by atoms with Gasteiger partial charge in [-0.2, -0.15) is 0 Å². The van der Waals surface area contributed by atoms with Crippen LogP contribution in [-0.4, -0.2) is 0 Å². The Kier molecular flexibility index (Phi) is 3.59. The van der Waals surface area contributed by atoms with Gasteiger partial charge in [0.05, 0.1) is 0 Å². The van der Waals surface area contributed by atoms with E-state index in [0.29, 0.717) is 5.92 Å². The Morgan fingerprint density at radius 1 is 1.25 bits per heavy atom. The summed E-state index contributed by atoms with van der Waals surface area (Å²) in [5.41, 5.74) is 1.29. The minimum atomic E-state index is 0.685. The maximum Gasteiger partial charge on any atom is -0.0260 e. The van der Waals surface area contributed by atoms with Gasteiger partial charge in [-0.05, 0) is 11.5 Å². The maximum atomic E-state index is 2.26. The number of hydrogen-bond donors (Lipinski definition) is 0. The van der Waals surface area contributed by atoms with Crippen LogP contribution in [0.3, 0.4) is 0 Å². The summed E-state index contributed by atoms with van der Waals surface area (Å²) in [6, 6.07) is 10.4. The molecule has 0 heterocycles. The first-order chi connectivity index (χ1) is 5.83. The van der Waals surface area contributed by atoms with E-state index in [9.17, 15) is 0 Å². The first-order valence-corrected chi connectivity index (χ1v) is 4.56. The predicted octanol–water partition coefficient (Wildman–Crippen LogP) is 3.75. The molecule has 0 saturated heterocycles. The van der Waals surface area contributed by atoms with Crippen LogP contribution in [0.1, 0.15) is 25.8 Å². The molecule has 1 rings (SSSR count). The monoisotopic (exact) mass is 160 g/mol. The molecule has 0 aromatic heterocycles. The Hall–Kier alpha value is -1.04. The van der Waals surface area contributed by atoms with Crippen LogP contribution in [-0.2, 0) is 0 Å². The lowest BCUT2D eigenvalue weighted by molar-refractivity contribution is 0.701. The molecular formula is C12H16. The van der Waals surface area contributed by atoms with Gasteiger partial charge in [0.15, 0.2) is 0 Å². The van der Waals surface area contributed by atoms with Crippen LogP contribution in [0.5, 0.6) is 0 Å². The highest BCUT2D eigenvalue weighted by Gasteiger charge is 1.90. The smallest absolute Gasteiger partial charge is 0.0260 e. The van der Waals surface area contributed by atoms with Gasteiger partial charge in [0.25, 0.3) is 0 Å². The van der Waals surface area contributed by atoms with Crippen LogP contribution in [0.2, 0.25) is 0 Å². The molecule has 0 aliphatic rings. The van der Waals surface area contributed by atoms with Crippen LogP contribution >= 0.6 is 0 Å². The van der Waals surface area contributed by atoms with Gasteiger partial charge in [0, 0.05) is 0 Å². The summed E-state index contributed by atoms with van der Waals surface area (Å²) < 4.78 is 0. The Morgan fingerprint density at radius 2 is 1.92 bits per heavy atom. The molecule has 1 aromatic carbocycles. The standard InChI is InChI=1S/C12H16/c1-3-11(2)9-10-12-7-5-4-6-8-12/h4-11H,3H2,1-2H3/b10-9-. The van der Waals surface area contributed by atoms with E-state index in [0.717, 1.165) is 0 Å². The molecule has 0 aliphatic carbocycles. The molecule has 0 spiro atoms. The van der Waals surface area contributed by atoms with Gasteiger partial charge in [-0.25, -0.2) is 0 Å². The van der Waals surface area contributed by atoms with Gasteiger partial charge in [0.1, 0.15) is 0 Å². The fourth-order valence-electron chi connectivity index (χ4n) is 0.976. The molecule has 1 aromatic rings. The van der Waals surface area contributed by atoms with Gasteiger partial charge < -0.3 is 0 Å². The van der Waals surface area contributed by atoms with E-state index < -0.39 is 0 Å². The summed E-state index contributed by atoms with van der Waals surface area (Å²) in [5.74, 6) is 0.685. The zero-order valence-corrected chi connectivity index (χ0v) is 7.83. The fourth-order valence-corrected chi connectivity index (χ4v) is 0.976. The Balaban J connectivity index is 2.58. The van der Waals surface area contributed by atoms with Crippen molar-refractivity contribution in [3.63, 3.8) is 0 Å². The van der Waals surface area contributed by atoms with Crippen LogP contribution < -0.4 is 0 Å². The number of hydrogen-bond acceptors (Lipinski definition) is 0. The average Bonchev–Trinajstić information content (AvgIpc) is 2.16. The molecule has 1 atom stereocenters. The third-order valence-corrected chi connectivity index (χ3v) is 2.06. The molecule has 12 heavy (non-hydrogen) atoms.